The maximum absolute atomic E-state index is 12.4. The Labute approximate surface area is 120 Å². The SMILES string of the molecule is OB(O)Oc1cc(F)c(F)c(F)c1.[KH]. The van der Waals surface area contributed by atoms with Gasteiger partial charge in [-0.25, -0.2) is 13.2 Å². The van der Waals surface area contributed by atoms with Crippen LogP contribution in [0.3, 0.4) is 0 Å². The zero-order valence-electron chi connectivity index (χ0n) is 6.17. The second-order valence-electron chi connectivity index (χ2n) is 2.15. The molecule has 8 heteroatoms. The Morgan fingerprint density at radius 2 is 1.50 bits per heavy atom. The molecule has 0 fully saturated rings. The molecule has 0 aliphatic carbocycles. The molecule has 0 radical (unpaired) electrons. The average Bonchev–Trinajstić information content (AvgIpc) is 1.98. The van der Waals surface area contributed by atoms with Crippen LogP contribution in [-0.4, -0.2) is 68.8 Å². The molecule has 0 unspecified atom stereocenters. The fraction of sp³-hybridized carbons (Fsp3) is 0. The molecule has 0 aromatic heterocycles. The fourth-order valence-electron chi connectivity index (χ4n) is 0.722. The molecule has 0 spiro atoms. The van der Waals surface area contributed by atoms with Crippen LogP contribution in [0.25, 0.3) is 0 Å². The molecule has 0 heterocycles. The van der Waals surface area contributed by atoms with Crippen molar-refractivity contribution in [1.82, 2.24) is 0 Å². The van der Waals surface area contributed by atoms with Crippen LogP contribution in [0, 0.1) is 17.5 Å². The molecule has 0 atom stereocenters. The van der Waals surface area contributed by atoms with Crippen molar-refractivity contribution in [3.8, 4) is 5.75 Å². The van der Waals surface area contributed by atoms with E-state index in [1.807, 2.05) is 0 Å². The molecule has 0 bridgehead atoms. The number of hydrogen-bond donors (Lipinski definition) is 2. The second-order valence-corrected chi connectivity index (χ2v) is 2.15. The zero-order valence-corrected chi connectivity index (χ0v) is 6.17. The van der Waals surface area contributed by atoms with Gasteiger partial charge in [0.15, 0.2) is 17.5 Å². The Morgan fingerprint density at radius 1 is 1.07 bits per heavy atom. The second kappa shape index (κ2) is 6.11. The van der Waals surface area contributed by atoms with Gasteiger partial charge in [0.2, 0.25) is 0 Å². The number of halogens is 3. The van der Waals surface area contributed by atoms with Crippen LogP contribution in [0.5, 0.6) is 5.75 Å². The van der Waals surface area contributed by atoms with Gasteiger partial charge < -0.3 is 14.7 Å². The number of rotatable bonds is 2. The van der Waals surface area contributed by atoms with Crippen LogP contribution >= 0.6 is 0 Å². The van der Waals surface area contributed by atoms with E-state index < -0.39 is 30.5 Å². The van der Waals surface area contributed by atoms with E-state index in [4.69, 9.17) is 10.0 Å². The molecule has 14 heavy (non-hydrogen) atoms. The van der Waals surface area contributed by atoms with Gasteiger partial charge in [0.1, 0.15) is 5.75 Å². The molecule has 0 aliphatic rings. The van der Waals surface area contributed by atoms with Crippen molar-refractivity contribution in [3.05, 3.63) is 29.6 Å². The molecule has 0 saturated heterocycles. The van der Waals surface area contributed by atoms with Crippen LogP contribution in [0.4, 0.5) is 13.2 Å². The van der Waals surface area contributed by atoms with E-state index in [0.29, 0.717) is 12.1 Å². The Morgan fingerprint density at radius 3 is 1.86 bits per heavy atom. The molecule has 72 valence electrons. The van der Waals surface area contributed by atoms with Crippen molar-refractivity contribution in [2.75, 3.05) is 0 Å². The van der Waals surface area contributed by atoms with Gasteiger partial charge in [0.05, 0.1) is 0 Å². The molecule has 0 saturated carbocycles. The molecule has 0 amide bonds. The Hall–Kier alpha value is 0.431. The van der Waals surface area contributed by atoms with Gasteiger partial charge in [-0.05, 0) is 0 Å². The first-order valence-corrected chi connectivity index (χ1v) is 3.18. The topological polar surface area (TPSA) is 49.7 Å². The first kappa shape index (κ1) is 14.4. The monoisotopic (exact) mass is 232 g/mol. The van der Waals surface area contributed by atoms with Crippen molar-refractivity contribution in [3.63, 3.8) is 0 Å². The fourth-order valence-corrected chi connectivity index (χ4v) is 0.722. The van der Waals surface area contributed by atoms with Gasteiger partial charge in [0, 0.05) is 12.1 Å². The minimum atomic E-state index is -2.20. The van der Waals surface area contributed by atoms with E-state index in [9.17, 15) is 13.2 Å². The Kier molecular flexibility index (Phi) is 6.30. The van der Waals surface area contributed by atoms with E-state index in [-0.39, 0.29) is 51.4 Å². The predicted molar refractivity (Wildman–Crippen MR) is 44.3 cm³/mol. The van der Waals surface area contributed by atoms with Crippen molar-refractivity contribution in [2.24, 2.45) is 0 Å². The number of benzene rings is 1. The minimum absolute atomic E-state index is 0. The molecule has 3 nitrogen and oxygen atoms in total. The van der Waals surface area contributed by atoms with Gasteiger partial charge in [-0.1, -0.05) is 0 Å². The van der Waals surface area contributed by atoms with E-state index in [1.165, 1.54) is 0 Å². The van der Waals surface area contributed by atoms with E-state index in [1.54, 1.807) is 0 Å². The maximum atomic E-state index is 12.4. The first-order valence-electron chi connectivity index (χ1n) is 3.18. The summed E-state index contributed by atoms with van der Waals surface area (Å²) in [7, 11) is -2.20. The normalized spacial score (nSPS) is 9.21. The van der Waals surface area contributed by atoms with E-state index in [0.717, 1.165) is 0 Å². The third kappa shape index (κ3) is 3.89. The van der Waals surface area contributed by atoms with Crippen molar-refractivity contribution < 1.29 is 27.9 Å². The number of hydrogen-bond acceptors (Lipinski definition) is 3. The summed E-state index contributed by atoms with van der Waals surface area (Å²) >= 11 is 0. The van der Waals surface area contributed by atoms with Crippen molar-refractivity contribution >= 4 is 58.7 Å². The summed E-state index contributed by atoms with van der Waals surface area (Å²) in [5.41, 5.74) is 0. The summed E-state index contributed by atoms with van der Waals surface area (Å²) in [5.74, 6) is -5.07. The van der Waals surface area contributed by atoms with Crippen LogP contribution < -0.4 is 4.65 Å². The molecule has 1 aromatic rings. The van der Waals surface area contributed by atoms with Crippen molar-refractivity contribution in [1.29, 1.82) is 0 Å². The molecule has 1 aromatic carbocycles. The third-order valence-electron chi connectivity index (χ3n) is 1.20. The summed E-state index contributed by atoms with van der Waals surface area (Å²) < 4.78 is 41.3. The molecular weight excluding hydrogens is 227 g/mol. The van der Waals surface area contributed by atoms with Crippen molar-refractivity contribution in [2.45, 2.75) is 0 Å². The molecular formula is C6H5BF3KO3. The quantitative estimate of drug-likeness (QED) is 0.548. The standard InChI is InChI=1S/C6H4BF3O3.K.H/c8-4-1-3(13-7(11)12)2-5(9)6(4)10;;/h1-2,11-12H;;. The first-order chi connectivity index (χ1) is 6.00. The Balaban J connectivity index is 0.00000169. The molecule has 2 N–H and O–H groups in total. The summed E-state index contributed by atoms with van der Waals surface area (Å²) in [6, 6.07) is 0.996. The Bertz CT molecular complexity index is 300. The van der Waals surface area contributed by atoms with Gasteiger partial charge >= 0.3 is 58.7 Å². The summed E-state index contributed by atoms with van der Waals surface area (Å²) in [5, 5.41) is 16.5. The van der Waals surface area contributed by atoms with Gasteiger partial charge in [-0.15, -0.1) is 0 Å². The van der Waals surface area contributed by atoms with Crippen LogP contribution in [0.1, 0.15) is 0 Å². The summed E-state index contributed by atoms with van der Waals surface area (Å²) in [6.07, 6.45) is 0. The molecule has 0 aliphatic heterocycles. The third-order valence-corrected chi connectivity index (χ3v) is 1.20. The van der Waals surface area contributed by atoms with Gasteiger partial charge in [-0.3, -0.25) is 0 Å². The van der Waals surface area contributed by atoms with Gasteiger partial charge in [0.25, 0.3) is 0 Å². The van der Waals surface area contributed by atoms with Crippen LogP contribution in [-0.2, 0) is 0 Å². The molecule has 1 rings (SSSR count). The van der Waals surface area contributed by atoms with Gasteiger partial charge in [-0.2, -0.15) is 0 Å². The summed E-state index contributed by atoms with van der Waals surface area (Å²) in [6.45, 7) is 0. The van der Waals surface area contributed by atoms with E-state index in [2.05, 4.69) is 4.65 Å². The zero-order chi connectivity index (χ0) is 10.0. The van der Waals surface area contributed by atoms with Crippen LogP contribution in [0.15, 0.2) is 12.1 Å². The average molecular weight is 232 g/mol. The van der Waals surface area contributed by atoms with Crippen LogP contribution in [0.2, 0.25) is 0 Å². The summed E-state index contributed by atoms with van der Waals surface area (Å²) in [4.78, 5) is 0. The predicted octanol–water partition coefficient (Wildman–Crippen LogP) is -0.196. The van der Waals surface area contributed by atoms with E-state index >= 15 is 0 Å².